The SMILES string of the molecule is CCCN1c2cc(C)c(/C=N/NC(=O)c3cc4cc(Br)ccc4o3)cc2C(C)CC1(C)C. The molecule has 2 heterocycles. The number of rotatable bonds is 5. The first kappa shape index (κ1) is 22.6. The number of hydrogen-bond donors (Lipinski definition) is 1. The van der Waals surface area contributed by atoms with Gasteiger partial charge in [0.1, 0.15) is 5.58 Å². The van der Waals surface area contributed by atoms with E-state index in [1.807, 2.05) is 18.2 Å². The minimum Gasteiger partial charge on any atom is -0.451 e. The zero-order chi connectivity index (χ0) is 23.0. The molecule has 0 radical (unpaired) electrons. The second-order valence-electron chi connectivity index (χ2n) is 9.33. The molecule has 2 aromatic carbocycles. The maximum absolute atomic E-state index is 12.5. The van der Waals surface area contributed by atoms with Crippen LogP contribution in [0.3, 0.4) is 0 Å². The Bertz CT molecular complexity index is 1200. The smallest absolute Gasteiger partial charge is 0.307 e. The third-order valence-electron chi connectivity index (χ3n) is 6.29. The van der Waals surface area contributed by atoms with Gasteiger partial charge >= 0.3 is 5.91 Å². The second-order valence-corrected chi connectivity index (χ2v) is 10.2. The standard InChI is InChI=1S/C26H30BrN3O2/c1-6-9-30-22-10-16(2)19(12-21(22)17(3)14-26(30,4)5)15-28-29-25(31)24-13-18-11-20(27)7-8-23(18)32-24/h7-8,10-13,15,17H,6,9,14H2,1-5H3,(H,29,31)/b28-15+. The van der Waals surface area contributed by atoms with E-state index in [0.29, 0.717) is 11.5 Å². The molecular formula is C26H30BrN3O2. The fraction of sp³-hybridized carbons (Fsp3) is 0.385. The van der Waals surface area contributed by atoms with Gasteiger partial charge in [-0.1, -0.05) is 29.8 Å². The maximum Gasteiger partial charge on any atom is 0.307 e. The van der Waals surface area contributed by atoms with Gasteiger partial charge in [0.15, 0.2) is 5.76 Å². The van der Waals surface area contributed by atoms with E-state index in [9.17, 15) is 4.79 Å². The fourth-order valence-electron chi connectivity index (χ4n) is 4.78. The highest BCUT2D eigenvalue weighted by atomic mass is 79.9. The number of carbonyl (C=O) groups excluding carboxylic acids is 1. The average Bonchev–Trinajstić information content (AvgIpc) is 3.14. The van der Waals surface area contributed by atoms with Crippen LogP contribution in [0.5, 0.6) is 0 Å². The van der Waals surface area contributed by atoms with Crippen LogP contribution in [0.2, 0.25) is 0 Å². The summed E-state index contributed by atoms with van der Waals surface area (Å²) in [6.07, 6.45) is 3.95. The van der Waals surface area contributed by atoms with Gasteiger partial charge in [0.2, 0.25) is 0 Å². The normalized spacial score (nSPS) is 17.7. The van der Waals surface area contributed by atoms with E-state index in [4.69, 9.17) is 4.42 Å². The zero-order valence-electron chi connectivity index (χ0n) is 19.3. The molecule has 1 aromatic heterocycles. The summed E-state index contributed by atoms with van der Waals surface area (Å²) in [5.74, 6) is 0.335. The first-order valence-electron chi connectivity index (χ1n) is 11.1. The summed E-state index contributed by atoms with van der Waals surface area (Å²) in [5.41, 5.74) is 8.23. The van der Waals surface area contributed by atoms with Crippen LogP contribution in [0.1, 0.15) is 73.7 Å². The number of aryl methyl sites for hydroxylation is 1. The predicted molar refractivity (Wildman–Crippen MR) is 135 cm³/mol. The van der Waals surface area contributed by atoms with Gasteiger partial charge in [0.25, 0.3) is 0 Å². The van der Waals surface area contributed by atoms with Gasteiger partial charge in [-0.25, -0.2) is 5.43 Å². The van der Waals surface area contributed by atoms with Crippen molar-refractivity contribution in [2.24, 2.45) is 5.10 Å². The molecule has 4 rings (SSSR count). The molecular weight excluding hydrogens is 466 g/mol. The summed E-state index contributed by atoms with van der Waals surface area (Å²) in [7, 11) is 0. The molecule has 0 bridgehead atoms. The van der Waals surface area contributed by atoms with Crippen LogP contribution in [0.25, 0.3) is 11.0 Å². The Balaban J connectivity index is 1.55. The van der Waals surface area contributed by atoms with E-state index in [2.05, 4.69) is 78.1 Å². The minimum absolute atomic E-state index is 0.140. The number of hydrazone groups is 1. The summed E-state index contributed by atoms with van der Waals surface area (Å²) in [5, 5.41) is 5.09. The summed E-state index contributed by atoms with van der Waals surface area (Å²) in [6.45, 7) is 12.3. The van der Waals surface area contributed by atoms with Crippen molar-refractivity contribution in [3.8, 4) is 0 Å². The Morgan fingerprint density at radius 1 is 1.31 bits per heavy atom. The highest BCUT2D eigenvalue weighted by molar-refractivity contribution is 9.10. The highest BCUT2D eigenvalue weighted by Crippen LogP contribution is 2.44. The number of nitrogens with one attached hydrogen (secondary N) is 1. The first-order chi connectivity index (χ1) is 15.2. The molecule has 3 aromatic rings. The highest BCUT2D eigenvalue weighted by Gasteiger charge is 2.36. The summed E-state index contributed by atoms with van der Waals surface area (Å²) in [6, 6.07) is 11.8. The molecule has 0 saturated heterocycles. The first-order valence-corrected chi connectivity index (χ1v) is 11.9. The van der Waals surface area contributed by atoms with Crippen molar-refractivity contribution in [2.75, 3.05) is 11.4 Å². The van der Waals surface area contributed by atoms with Gasteiger partial charge in [-0.15, -0.1) is 0 Å². The van der Waals surface area contributed by atoms with Crippen molar-refractivity contribution in [1.29, 1.82) is 0 Å². The van der Waals surface area contributed by atoms with Crippen molar-refractivity contribution < 1.29 is 9.21 Å². The number of amides is 1. The van der Waals surface area contributed by atoms with Crippen molar-refractivity contribution >= 4 is 44.7 Å². The van der Waals surface area contributed by atoms with Crippen LogP contribution in [0.15, 0.2) is 50.4 Å². The fourth-order valence-corrected chi connectivity index (χ4v) is 5.16. The lowest BCUT2D eigenvalue weighted by atomic mass is 9.79. The lowest BCUT2D eigenvalue weighted by Gasteiger charge is -2.48. The number of fused-ring (bicyclic) bond motifs is 2. The van der Waals surface area contributed by atoms with Crippen LogP contribution >= 0.6 is 15.9 Å². The van der Waals surface area contributed by atoms with Crippen molar-refractivity contribution in [2.45, 2.75) is 58.9 Å². The molecule has 1 N–H and O–H groups in total. The third-order valence-corrected chi connectivity index (χ3v) is 6.79. The van der Waals surface area contributed by atoms with E-state index in [1.54, 1.807) is 12.3 Å². The van der Waals surface area contributed by atoms with E-state index in [-0.39, 0.29) is 17.2 Å². The van der Waals surface area contributed by atoms with Crippen LogP contribution < -0.4 is 10.3 Å². The zero-order valence-corrected chi connectivity index (χ0v) is 20.9. The number of anilines is 1. The van der Waals surface area contributed by atoms with Gasteiger partial charge in [0, 0.05) is 27.6 Å². The molecule has 168 valence electrons. The van der Waals surface area contributed by atoms with Gasteiger partial charge in [-0.2, -0.15) is 5.10 Å². The van der Waals surface area contributed by atoms with Gasteiger partial charge < -0.3 is 9.32 Å². The topological polar surface area (TPSA) is 57.8 Å². The molecule has 1 aliphatic rings. The molecule has 0 fully saturated rings. The van der Waals surface area contributed by atoms with Crippen LogP contribution in [0, 0.1) is 6.92 Å². The molecule has 1 atom stereocenters. The molecule has 0 aliphatic carbocycles. The third kappa shape index (κ3) is 4.33. The Morgan fingerprint density at radius 2 is 2.09 bits per heavy atom. The quantitative estimate of drug-likeness (QED) is 0.313. The van der Waals surface area contributed by atoms with E-state index in [1.165, 1.54) is 11.3 Å². The molecule has 0 saturated carbocycles. The number of halogens is 1. The Labute approximate surface area is 198 Å². The van der Waals surface area contributed by atoms with E-state index >= 15 is 0 Å². The molecule has 1 aliphatic heterocycles. The monoisotopic (exact) mass is 495 g/mol. The molecule has 1 amide bonds. The Kier molecular flexibility index (Phi) is 6.17. The van der Waals surface area contributed by atoms with E-state index < -0.39 is 0 Å². The predicted octanol–water partition coefficient (Wildman–Crippen LogP) is 6.77. The van der Waals surface area contributed by atoms with Crippen LogP contribution in [-0.4, -0.2) is 24.2 Å². The Hall–Kier alpha value is -2.60. The van der Waals surface area contributed by atoms with Gasteiger partial charge in [-0.3, -0.25) is 4.79 Å². The van der Waals surface area contributed by atoms with Crippen LogP contribution in [-0.2, 0) is 0 Å². The van der Waals surface area contributed by atoms with Crippen molar-refractivity contribution in [3.63, 3.8) is 0 Å². The molecule has 5 nitrogen and oxygen atoms in total. The lowest BCUT2D eigenvalue weighted by molar-refractivity contribution is 0.0929. The minimum atomic E-state index is -0.367. The van der Waals surface area contributed by atoms with E-state index in [0.717, 1.165) is 40.4 Å². The number of carbonyl (C=O) groups is 1. The van der Waals surface area contributed by atoms with Crippen molar-refractivity contribution in [3.05, 3.63) is 63.3 Å². The van der Waals surface area contributed by atoms with Crippen molar-refractivity contribution in [1.82, 2.24) is 5.43 Å². The lowest BCUT2D eigenvalue weighted by Crippen LogP contribution is -2.48. The van der Waals surface area contributed by atoms with Gasteiger partial charge in [0.05, 0.1) is 6.21 Å². The molecule has 32 heavy (non-hydrogen) atoms. The number of hydrogen-bond acceptors (Lipinski definition) is 4. The number of furan rings is 1. The molecule has 6 heteroatoms. The molecule has 0 spiro atoms. The van der Waals surface area contributed by atoms with Crippen LogP contribution in [0.4, 0.5) is 5.69 Å². The average molecular weight is 496 g/mol. The van der Waals surface area contributed by atoms with Gasteiger partial charge in [-0.05, 0) is 92.6 Å². The number of benzene rings is 2. The maximum atomic E-state index is 12.5. The second kappa shape index (κ2) is 8.74. The summed E-state index contributed by atoms with van der Waals surface area (Å²) < 4.78 is 6.58. The Morgan fingerprint density at radius 3 is 2.84 bits per heavy atom. The number of nitrogens with zero attached hydrogens (tertiary/aromatic N) is 2. The largest absolute Gasteiger partial charge is 0.451 e. The summed E-state index contributed by atoms with van der Waals surface area (Å²) in [4.78, 5) is 15.0. The molecule has 1 unspecified atom stereocenters. The summed E-state index contributed by atoms with van der Waals surface area (Å²) >= 11 is 3.43.